The van der Waals surface area contributed by atoms with E-state index in [9.17, 15) is 9.59 Å². The molecule has 3 heterocycles. The van der Waals surface area contributed by atoms with Gasteiger partial charge in [-0.25, -0.2) is 9.48 Å². The van der Waals surface area contributed by atoms with Crippen molar-refractivity contribution in [1.29, 1.82) is 0 Å². The molecular formula is C20H20N4O4S. The van der Waals surface area contributed by atoms with Crippen LogP contribution in [0.4, 0.5) is 0 Å². The largest absolute Gasteiger partial charge is 0.464 e. The first kappa shape index (κ1) is 19.2. The number of aromatic nitrogens is 4. The van der Waals surface area contributed by atoms with Crippen molar-refractivity contribution in [2.45, 2.75) is 19.6 Å². The number of carbonyl (C=O) groups is 1. The van der Waals surface area contributed by atoms with Crippen LogP contribution in [0.15, 0.2) is 47.4 Å². The van der Waals surface area contributed by atoms with E-state index in [4.69, 9.17) is 9.47 Å². The van der Waals surface area contributed by atoms with Crippen LogP contribution in [0.2, 0.25) is 0 Å². The number of hydrogen-bond acceptors (Lipinski definition) is 6. The number of H-pyrrole nitrogens is 1. The van der Waals surface area contributed by atoms with Crippen molar-refractivity contribution >= 4 is 27.5 Å². The van der Waals surface area contributed by atoms with Gasteiger partial charge in [-0.15, -0.1) is 0 Å². The number of ether oxygens (including phenoxy) is 2. The molecule has 0 aliphatic rings. The van der Waals surface area contributed by atoms with E-state index in [0.717, 1.165) is 21.5 Å². The van der Waals surface area contributed by atoms with Gasteiger partial charge in [0.1, 0.15) is 18.2 Å². The molecule has 1 unspecified atom stereocenters. The summed E-state index contributed by atoms with van der Waals surface area (Å²) >= 11 is 1.21. The molecule has 0 saturated heterocycles. The van der Waals surface area contributed by atoms with E-state index in [2.05, 4.69) is 17.0 Å². The van der Waals surface area contributed by atoms with E-state index < -0.39 is 5.97 Å². The number of nitrogens with zero attached hydrogens (tertiary/aromatic N) is 3. The Morgan fingerprint density at radius 3 is 2.83 bits per heavy atom. The SMILES string of the molecule is COCn1c(=O)sc2cc(C(C)c3ccn(-c4ccc(C(=O)OC)[nH]4)n3)ccc21. The smallest absolute Gasteiger partial charge is 0.354 e. The molecular weight excluding hydrogens is 392 g/mol. The Hall–Kier alpha value is -3.17. The number of methoxy groups -OCH3 is 2. The molecule has 8 nitrogen and oxygen atoms in total. The second-order valence-corrected chi connectivity index (χ2v) is 7.59. The molecule has 4 aromatic rings. The van der Waals surface area contributed by atoms with Gasteiger partial charge in [0.25, 0.3) is 0 Å². The number of carbonyl (C=O) groups excluding carboxylic acids is 1. The lowest BCUT2D eigenvalue weighted by molar-refractivity contribution is 0.0595. The van der Waals surface area contributed by atoms with E-state index in [0.29, 0.717) is 11.5 Å². The normalized spacial score (nSPS) is 12.4. The molecule has 150 valence electrons. The van der Waals surface area contributed by atoms with Gasteiger partial charge in [0.2, 0.25) is 0 Å². The summed E-state index contributed by atoms with van der Waals surface area (Å²) in [6, 6.07) is 11.4. The van der Waals surface area contributed by atoms with Crippen LogP contribution < -0.4 is 4.87 Å². The molecule has 1 atom stereocenters. The van der Waals surface area contributed by atoms with E-state index in [-0.39, 0.29) is 17.5 Å². The molecule has 1 aromatic carbocycles. The van der Waals surface area contributed by atoms with E-state index in [1.54, 1.807) is 28.5 Å². The monoisotopic (exact) mass is 412 g/mol. The molecule has 0 aliphatic heterocycles. The van der Waals surface area contributed by atoms with Crippen LogP contribution in [0.3, 0.4) is 0 Å². The number of hydrogen-bond donors (Lipinski definition) is 1. The van der Waals surface area contributed by atoms with E-state index in [1.807, 2.05) is 30.5 Å². The first-order chi connectivity index (χ1) is 14.0. The molecule has 0 aliphatic carbocycles. The third-order valence-electron chi connectivity index (χ3n) is 4.83. The molecule has 1 N–H and O–H groups in total. The molecule has 0 spiro atoms. The summed E-state index contributed by atoms with van der Waals surface area (Å²) in [6.07, 6.45) is 1.84. The minimum Gasteiger partial charge on any atom is -0.464 e. The van der Waals surface area contributed by atoms with Gasteiger partial charge in [0.05, 0.1) is 23.0 Å². The summed E-state index contributed by atoms with van der Waals surface area (Å²) in [6.45, 7) is 2.30. The molecule has 0 radical (unpaired) electrons. The Balaban J connectivity index is 1.62. The van der Waals surface area contributed by atoms with Crippen LogP contribution in [0.1, 0.15) is 34.6 Å². The summed E-state index contributed by atoms with van der Waals surface area (Å²) in [7, 11) is 2.91. The minimum atomic E-state index is -0.426. The molecule has 0 saturated carbocycles. The summed E-state index contributed by atoms with van der Waals surface area (Å²) in [4.78, 5) is 26.7. The fourth-order valence-electron chi connectivity index (χ4n) is 3.22. The first-order valence-electron chi connectivity index (χ1n) is 8.97. The number of benzene rings is 1. The molecule has 0 fully saturated rings. The molecule has 29 heavy (non-hydrogen) atoms. The number of nitrogens with one attached hydrogen (secondary N) is 1. The number of aromatic amines is 1. The number of rotatable bonds is 6. The van der Waals surface area contributed by atoms with Gasteiger partial charge in [-0.2, -0.15) is 5.10 Å². The van der Waals surface area contributed by atoms with Crippen LogP contribution in [0.5, 0.6) is 0 Å². The maximum absolute atomic E-state index is 12.2. The quantitative estimate of drug-likeness (QED) is 0.492. The van der Waals surface area contributed by atoms with Crippen LogP contribution in [-0.2, 0) is 16.2 Å². The predicted octanol–water partition coefficient (Wildman–Crippen LogP) is 3.12. The zero-order chi connectivity index (χ0) is 20.5. The first-order valence-corrected chi connectivity index (χ1v) is 9.79. The van der Waals surface area contributed by atoms with Gasteiger partial charge in [-0.05, 0) is 35.9 Å². The third kappa shape index (κ3) is 3.50. The Morgan fingerprint density at radius 2 is 2.07 bits per heavy atom. The Morgan fingerprint density at radius 1 is 1.24 bits per heavy atom. The lowest BCUT2D eigenvalue weighted by Crippen LogP contribution is -2.13. The van der Waals surface area contributed by atoms with Gasteiger partial charge in [0, 0.05) is 19.2 Å². The minimum absolute atomic E-state index is 0.0313. The highest BCUT2D eigenvalue weighted by Gasteiger charge is 2.16. The lowest BCUT2D eigenvalue weighted by Gasteiger charge is -2.10. The molecule has 0 bridgehead atoms. The van der Waals surface area contributed by atoms with Crippen molar-refractivity contribution in [2.75, 3.05) is 14.2 Å². The maximum atomic E-state index is 12.2. The zero-order valence-corrected chi connectivity index (χ0v) is 17.0. The third-order valence-corrected chi connectivity index (χ3v) is 5.77. The summed E-state index contributed by atoms with van der Waals surface area (Å²) in [5.74, 6) is 0.280. The van der Waals surface area contributed by atoms with Crippen molar-refractivity contribution in [3.05, 3.63) is 69.2 Å². The Bertz CT molecular complexity index is 1230. The number of thiazole rings is 1. The molecule has 3 aromatic heterocycles. The molecule has 4 rings (SSSR count). The van der Waals surface area contributed by atoms with E-state index >= 15 is 0 Å². The van der Waals surface area contributed by atoms with Gasteiger partial charge in [0.15, 0.2) is 0 Å². The van der Waals surface area contributed by atoms with Crippen LogP contribution in [-0.4, -0.2) is 39.5 Å². The lowest BCUT2D eigenvalue weighted by atomic mass is 9.98. The second-order valence-electron chi connectivity index (χ2n) is 6.60. The van der Waals surface area contributed by atoms with Crippen LogP contribution in [0.25, 0.3) is 16.0 Å². The van der Waals surface area contributed by atoms with Crippen molar-refractivity contribution in [3.8, 4) is 5.82 Å². The maximum Gasteiger partial charge on any atom is 0.354 e. The summed E-state index contributed by atoms with van der Waals surface area (Å²) < 4.78 is 14.1. The predicted molar refractivity (Wildman–Crippen MR) is 110 cm³/mol. The van der Waals surface area contributed by atoms with Gasteiger partial charge in [-0.3, -0.25) is 9.36 Å². The Labute approximate surface area is 170 Å². The van der Waals surface area contributed by atoms with Gasteiger partial charge >= 0.3 is 10.8 Å². The van der Waals surface area contributed by atoms with Crippen LogP contribution >= 0.6 is 11.3 Å². The number of esters is 1. The Kier molecular flexibility index (Phi) is 5.08. The highest BCUT2D eigenvalue weighted by molar-refractivity contribution is 7.16. The van der Waals surface area contributed by atoms with Gasteiger partial charge in [-0.1, -0.05) is 24.3 Å². The standard InChI is InChI=1S/C20H20N4O4S/c1-12(13-4-6-16-17(10-13)29-20(26)23(16)11-27-2)14-8-9-24(22-14)18-7-5-15(21-18)19(25)28-3/h4-10,12,21H,11H2,1-3H3. The highest BCUT2D eigenvalue weighted by atomic mass is 32.1. The molecule has 0 amide bonds. The van der Waals surface area contributed by atoms with Crippen molar-refractivity contribution in [2.24, 2.45) is 0 Å². The van der Waals surface area contributed by atoms with Gasteiger partial charge < -0.3 is 14.5 Å². The average molecular weight is 412 g/mol. The fourth-order valence-corrected chi connectivity index (χ4v) is 4.15. The summed E-state index contributed by atoms with van der Waals surface area (Å²) in [5, 5.41) is 4.64. The van der Waals surface area contributed by atoms with Crippen molar-refractivity contribution in [1.82, 2.24) is 19.3 Å². The average Bonchev–Trinajstić information content (AvgIpc) is 3.45. The highest BCUT2D eigenvalue weighted by Crippen LogP contribution is 2.28. The summed E-state index contributed by atoms with van der Waals surface area (Å²) in [5.41, 5.74) is 3.18. The number of fused-ring (bicyclic) bond motifs is 1. The molecule has 9 heteroatoms. The fraction of sp³-hybridized carbons (Fsp3) is 0.250. The second kappa shape index (κ2) is 7.69. The zero-order valence-electron chi connectivity index (χ0n) is 16.2. The topological polar surface area (TPSA) is 91.1 Å². The van der Waals surface area contributed by atoms with E-state index in [1.165, 1.54) is 18.4 Å². The van der Waals surface area contributed by atoms with Crippen molar-refractivity contribution < 1.29 is 14.3 Å². The van der Waals surface area contributed by atoms with Crippen molar-refractivity contribution in [3.63, 3.8) is 0 Å². The van der Waals surface area contributed by atoms with Crippen LogP contribution in [0, 0.1) is 0 Å².